The van der Waals surface area contributed by atoms with Crippen molar-refractivity contribution in [2.75, 3.05) is 11.5 Å². The summed E-state index contributed by atoms with van der Waals surface area (Å²) in [6.07, 6.45) is 5.20. The van der Waals surface area contributed by atoms with Crippen molar-refractivity contribution in [1.29, 1.82) is 0 Å². The van der Waals surface area contributed by atoms with Gasteiger partial charge < -0.3 is 9.84 Å². The van der Waals surface area contributed by atoms with E-state index in [2.05, 4.69) is 15.5 Å². The van der Waals surface area contributed by atoms with Crippen LogP contribution in [0.3, 0.4) is 0 Å². The molecule has 186 valence electrons. The molecular formula is C24H28FN5O4S. The van der Waals surface area contributed by atoms with E-state index in [1.807, 2.05) is 11.8 Å². The van der Waals surface area contributed by atoms with Crippen LogP contribution in [0.4, 0.5) is 4.39 Å². The van der Waals surface area contributed by atoms with Gasteiger partial charge in [-0.1, -0.05) is 5.16 Å². The normalized spacial score (nSPS) is 21.3. The van der Waals surface area contributed by atoms with Crippen molar-refractivity contribution in [2.45, 2.75) is 70.0 Å². The number of nitrogens with one attached hydrogen (secondary N) is 1. The van der Waals surface area contributed by atoms with E-state index in [1.54, 1.807) is 17.6 Å². The second-order valence-corrected chi connectivity index (χ2v) is 10.6. The van der Waals surface area contributed by atoms with Crippen LogP contribution in [0.2, 0.25) is 0 Å². The van der Waals surface area contributed by atoms with Crippen LogP contribution < -0.4 is 16.6 Å². The number of thioether (sulfide) groups is 1. The number of rotatable bonds is 5. The van der Waals surface area contributed by atoms with Gasteiger partial charge in [0.25, 0.3) is 5.56 Å². The first-order valence-corrected chi connectivity index (χ1v) is 13.2. The summed E-state index contributed by atoms with van der Waals surface area (Å²) in [5.41, 5.74) is 0.123. The van der Waals surface area contributed by atoms with Crippen LogP contribution in [0.25, 0.3) is 11.0 Å². The molecule has 4 heterocycles. The van der Waals surface area contributed by atoms with Crippen LogP contribution in [-0.4, -0.2) is 42.7 Å². The topological polar surface area (TPSA) is 112 Å². The summed E-state index contributed by atoms with van der Waals surface area (Å²) in [4.78, 5) is 43.6. The number of fused-ring (bicyclic) bond motifs is 1. The average molecular weight is 502 g/mol. The fourth-order valence-corrected chi connectivity index (χ4v) is 6.30. The largest absolute Gasteiger partial charge is 0.361 e. The lowest BCUT2D eigenvalue weighted by atomic mass is 9.90. The Morgan fingerprint density at radius 2 is 1.83 bits per heavy atom. The Labute approximate surface area is 205 Å². The molecule has 11 heteroatoms. The molecule has 0 atom stereocenters. The SMILES string of the molecule is Cc1cc(CC(=O)NC2CCC(n3c(=O)c4cc(F)cnc4n(C4CCSCC4)c3=O)CC2)on1. The molecule has 0 bridgehead atoms. The Kier molecular flexibility index (Phi) is 6.77. The van der Waals surface area contributed by atoms with Gasteiger partial charge in [-0.05, 0) is 63.0 Å². The maximum Gasteiger partial charge on any atom is 0.333 e. The van der Waals surface area contributed by atoms with Crippen LogP contribution in [0.5, 0.6) is 0 Å². The minimum atomic E-state index is -0.598. The van der Waals surface area contributed by atoms with Gasteiger partial charge in [-0.15, -0.1) is 0 Å². The number of nitrogens with zero attached hydrogens (tertiary/aromatic N) is 4. The van der Waals surface area contributed by atoms with Crippen LogP contribution in [-0.2, 0) is 11.2 Å². The first-order chi connectivity index (χ1) is 16.9. The highest BCUT2D eigenvalue weighted by Gasteiger charge is 2.29. The molecule has 2 fully saturated rings. The second kappa shape index (κ2) is 9.96. The zero-order valence-electron chi connectivity index (χ0n) is 19.5. The summed E-state index contributed by atoms with van der Waals surface area (Å²) >= 11 is 1.84. The number of carbonyl (C=O) groups excluding carboxylic acids is 1. The molecular weight excluding hydrogens is 473 g/mol. The van der Waals surface area contributed by atoms with E-state index in [0.717, 1.165) is 36.2 Å². The third-order valence-electron chi connectivity index (χ3n) is 6.92. The van der Waals surface area contributed by atoms with Gasteiger partial charge >= 0.3 is 5.69 Å². The second-order valence-electron chi connectivity index (χ2n) is 9.38. The maximum absolute atomic E-state index is 14.0. The molecule has 1 aliphatic heterocycles. The van der Waals surface area contributed by atoms with Crippen molar-refractivity contribution in [3.8, 4) is 0 Å². The predicted molar refractivity (Wildman–Crippen MR) is 130 cm³/mol. The molecule has 9 nitrogen and oxygen atoms in total. The van der Waals surface area contributed by atoms with Crippen molar-refractivity contribution >= 4 is 28.7 Å². The zero-order valence-corrected chi connectivity index (χ0v) is 20.4. The van der Waals surface area contributed by atoms with Crippen molar-refractivity contribution in [3.63, 3.8) is 0 Å². The smallest absolute Gasteiger partial charge is 0.333 e. The molecule has 1 saturated carbocycles. The fraction of sp³-hybridized carbons (Fsp3) is 0.542. The summed E-state index contributed by atoms with van der Waals surface area (Å²) in [5, 5.41) is 6.95. The van der Waals surface area contributed by atoms with Gasteiger partial charge in [0.1, 0.15) is 17.2 Å². The molecule has 5 rings (SSSR count). The summed E-state index contributed by atoms with van der Waals surface area (Å²) in [6, 6.07) is 2.50. The number of halogens is 1. The summed E-state index contributed by atoms with van der Waals surface area (Å²) < 4.78 is 22.1. The number of carbonyl (C=O) groups is 1. The van der Waals surface area contributed by atoms with Gasteiger partial charge in [-0.3, -0.25) is 18.7 Å². The number of pyridine rings is 1. The van der Waals surface area contributed by atoms with Crippen LogP contribution in [0, 0.1) is 12.7 Å². The lowest BCUT2D eigenvalue weighted by Gasteiger charge is -2.31. The van der Waals surface area contributed by atoms with E-state index >= 15 is 0 Å². The number of hydrogen-bond donors (Lipinski definition) is 1. The number of hydrogen-bond acceptors (Lipinski definition) is 7. The maximum atomic E-state index is 14.0. The van der Waals surface area contributed by atoms with Gasteiger partial charge in [0.2, 0.25) is 5.91 Å². The van der Waals surface area contributed by atoms with Gasteiger partial charge in [-0.25, -0.2) is 14.2 Å². The van der Waals surface area contributed by atoms with Crippen molar-refractivity contribution < 1.29 is 13.7 Å². The third kappa shape index (κ3) is 4.91. The molecule has 3 aromatic rings. The number of aryl methyl sites for hydroxylation is 1. The minimum absolute atomic E-state index is 0.0457. The van der Waals surface area contributed by atoms with Gasteiger partial charge in [0.05, 0.1) is 23.7 Å². The molecule has 35 heavy (non-hydrogen) atoms. The highest BCUT2D eigenvalue weighted by molar-refractivity contribution is 7.99. The van der Waals surface area contributed by atoms with E-state index in [4.69, 9.17) is 4.52 Å². The lowest BCUT2D eigenvalue weighted by molar-refractivity contribution is -0.121. The number of amides is 1. The first kappa shape index (κ1) is 23.8. The van der Waals surface area contributed by atoms with Gasteiger partial charge in [-0.2, -0.15) is 11.8 Å². The molecule has 1 N–H and O–H groups in total. The van der Waals surface area contributed by atoms with Crippen molar-refractivity contribution in [1.82, 2.24) is 24.6 Å². The summed E-state index contributed by atoms with van der Waals surface area (Å²) in [7, 11) is 0. The van der Waals surface area contributed by atoms with E-state index in [1.165, 1.54) is 10.6 Å². The quantitative estimate of drug-likeness (QED) is 0.572. The van der Waals surface area contributed by atoms with Crippen molar-refractivity contribution in [2.24, 2.45) is 0 Å². The zero-order chi connectivity index (χ0) is 24.5. The van der Waals surface area contributed by atoms with Gasteiger partial charge in [0.15, 0.2) is 0 Å². The molecule has 1 aliphatic carbocycles. The summed E-state index contributed by atoms with van der Waals surface area (Å²) in [5.74, 6) is 1.62. The van der Waals surface area contributed by atoms with Crippen LogP contribution in [0.15, 0.2) is 32.4 Å². The molecule has 0 unspecified atom stereocenters. The molecule has 1 saturated heterocycles. The number of aromatic nitrogens is 4. The minimum Gasteiger partial charge on any atom is -0.361 e. The average Bonchev–Trinajstić information content (AvgIpc) is 3.25. The highest BCUT2D eigenvalue weighted by Crippen LogP contribution is 2.30. The molecule has 0 aromatic carbocycles. The summed E-state index contributed by atoms with van der Waals surface area (Å²) in [6.45, 7) is 1.80. The lowest BCUT2D eigenvalue weighted by Crippen LogP contribution is -2.46. The Balaban J connectivity index is 1.37. The standard InChI is InChI=1S/C24H28FN5O4S/c1-14-10-19(34-28-14)12-21(31)27-16-2-4-17(5-3-16)30-23(32)20-11-15(25)13-26-22(20)29(24(30)33)18-6-8-35-9-7-18/h10-11,13,16-18H,2-9,12H2,1H3,(H,27,31). The third-order valence-corrected chi connectivity index (χ3v) is 7.97. The predicted octanol–water partition coefficient (Wildman–Crippen LogP) is 2.90. The first-order valence-electron chi connectivity index (χ1n) is 12.0. The van der Waals surface area contributed by atoms with E-state index in [-0.39, 0.29) is 47.2 Å². The molecule has 3 aromatic heterocycles. The van der Waals surface area contributed by atoms with Crippen molar-refractivity contribution in [3.05, 3.63) is 56.4 Å². The Hall–Kier alpha value is -2.95. The van der Waals surface area contributed by atoms with Crippen LogP contribution in [0.1, 0.15) is 62.1 Å². The van der Waals surface area contributed by atoms with E-state index < -0.39 is 11.4 Å². The Morgan fingerprint density at radius 1 is 1.11 bits per heavy atom. The van der Waals surface area contributed by atoms with Gasteiger partial charge in [0, 0.05) is 24.2 Å². The Bertz CT molecular complexity index is 1350. The fourth-order valence-electron chi connectivity index (χ4n) is 5.21. The highest BCUT2D eigenvalue weighted by atomic mass is 32.2. The monoisotopic (exact) mass is 501 g/mol. The Morgan fingerprint density at radius 3 is 2.51 bits per heavy atom. The molecule has 1 amide bonds. The molecule has 0 spiro atoms. The van der Waals surface area contributed by atoms with Crippen LogP contribution >= 0.6 is 11.8 Å². The van der Waals surface area contributed by atoms with E-state index in [9.17, 15) is 18.8 Å². The molecule has 2 aliphatic rings. The molecule has 0 radical (unpaired) electrons. The van der Waals surface area contributed by atoms with E-state index in [0.29, 0.717) is 31.4 Å².